The third-order valence-corrected chi connectivity index (χ3v) is 8.84. The molecule has 2 unspecified atom stereocenters. The Morgan fingerprint density at radius 1 is 1.33 bits per heavy atom. The Balaban J connectivity index is 1.74. The van der Waals surface area contributed by atoms with Gasteiger partial charge in [0.25, 0.3) is 0 Å². The number of halogens is 1. The number of ketones is 2. The Bertz CT molecular complexity index is 758. The van der Waals surface area contributed by atoms with Crippen molar-refractivity contribution >= 4 is 34.2 Å². The van der Waals surface area contributed by atoms with Crippen LogP contribution in [0, 0.1) is 28.6 Å². The largest absolute Gasteiger partial charge is 0.393 e. The van der Waals surface area contributed by atoms with E-state index in [1.807, 2.05) is 13.0 Å². The van der Waals surface area contributed by atoms with Crippen LogP contribution in [-0.4, -0.2) is 42.7 Å². The summed E-state index contributed by atoms with van der Waals surface area (Å²) in [7, 11) is 0. The van der Waals surface area contributed by atoms with Crippen molar-refractivity contribution in [2.45, 2.75) is 61.8 Å². The zero-order chi connectivity index (χ0) is 19.8. The van der Waals surface area contributed by atoms with Gasteiger partial charge >= 0.3 is 0 Å². The molecule has 0 bridgehead atoms. The number of aliphatic hydroxyl groups is 3. The van der Waals surface area contributed by atoms with Gasteiger partial charge in [-0.2, -0.15) is 0 Å². The Labute approximate surface area is 173 Å². The summed E-state index contributed by atoms with van der Waals surface area (Å²) in [4.78, 5) is 24.5. The Hall–Kier alpha value is -0.570. The molecule has 8 atom stereocenters. The van der Waals surface area contributed by atoms with Crippen molar-refractivity contribution in [1.82, 2.24) is 0 Å². The third kappa shape index (κ3) is 2.52. The fourth-order valence-corrected chi connectivity index (χ4v) is 7.45. The van der Waals surface area contributed by atoms with Crippen molar-refractivity contribution in [2.24, 2.45) is 28.6 Å². The second-order valence-electron chi connectivity index (χ2n) is 9.31. The molecule has 0 aromatic carbocycles. The minimum atomic E-state index is -1.60. The fraction of sp³-hybridized carbons (Fsp3) is 0.714. The van der Waals surface area contributed by atoms with Gasteiger partial charge in [0.2, 0.25) is 5.78 Å². The highest BCUT2D eigenvalue weighted by Gasteiger charge is 2.68. The highest BCUT2D eigenvalue weighted by Crippen LogP contribution is 2.67. The van der Waals surface area contributed by atoms with Gasteiger partial charge in [0, 0.05) is 16.7 Å². The van der Waals surface area contributed by atoms with Crippen LogP contribution in [0.1, 0.15) is 46.0 Å². The molecule has 4 aliphatic carbocycles. The van der Waals surface area contributed by atoms with Crippen molar-refractivity contribution in [3.8, 4) is 0 Å². The maximum Gasteiger partial charge on any atom is 0.203 e. The van der Waals surface area contributed by atoms with E-state index in [1.165, 1.54) is 0 Å². The van der Waals surface area contributed by atoms with Crippen molar-refractivity contribution < 1.29 is 24.9 Å². The number of hydrogen-bond acceptors (Lipinski definition) is 5. The fourth-order valence-electron chi connectivity index (χ4n) is 6.93. The standard InChI is InChI=1S/C21H27IO5/c1-19-7-5-12(23)9-11(19)3-4-13-14-6-8-21(27,17(25)18(22)26)20(14,2)10-15(24)16(13)19/h5,7,9,13-16,18,24,26-27H,3-4,6,8,10H2,1-2H3/t13-,14-,15?,16+,18?,19-,20-,21-/m0/s1. The molecule has 3 fully saturated rings. The molecule has 3 N–H and O–H groups in total. The molecule has 0 saturated heterocycles. The van der Waals surface area contributed by atoms with Gasteiger partial charge in [-0.3, -0.25) is 9.59 Å². The molecule has 0 aromatic rings. The number of fused-ring (bicyclic) bond motifs is 5. The first-order valence-corrected chi connectivity index (χ1v) is 11.0. The van der Waals surface area contributed by atoms with Crippen LogP contribution in [-0.2, 0) is 9.59 Å². The number of alkyl halides is 1. The normalized spacial score (nSPS) is 49.7. The van der Waals surface area contributed by atoms with Crippen LogP contribution >= 0.6 is 22.6 Å². The molecule has 0 spiro atoms. The van der Waals surface area contributed by atoms with Crippen LogP contribution in [0.2, 0.25) is 0 Å². The number of Topliss-reactive ketones (excluding diaryl/α,β-unsaturated/α-hetero) is 1. The lowest BCUT2D eigenvalue weighted by Gasteiger charge is -2.59. The minimum Gasteiger partial charge on any atom is -0.393 e. The molecular weight excluding hydrogens is 459 g/mol. The molecule has 6 heteroatoms. The van der Waals surface area contributed by atoms with Crippen LogP contribution in [0.25, 0.3) is 0 Å². The number of hydrogen-bond donors (Lipinski definition) is 3. The molecule has 0 heterocycles. The summed E-state index contributed by atoms with van der Waals surface area (Å²) in [5.41, 5.74) is -1.61. The molecule has 3 saturated carbocycles. The zero-order valence-electron chi connectivity index (χ0n) is 15.7. The first-order chi connectivity index (χ1) is 12.5. The molecule has 148 valence electrons. The molecule has 27 heavy (non-hydrogen) atoms. The maximum atomic E-state index is 12.7. The minimum absolute atomic E-state index is 0.00735. The summed E-state index contributed by atoms with van der Waals surface area (Å²) in [5, 5.41) is 32.4. The van der Waals surface area contributed by atoms with E-state index in [2.05, 4.69) is 6.92 Å². The molecule has 0 aliphatic heterocycles. The molecule has 4 rings (SSSR count). The van der Waals surface area contributed by atoms with Crippen molar-refractivity contribution in [1.29, 1.82) is 0 Å². The first-order valence-electron chi connectivity index (χ1n) is 9.76. The molecular formula is C21H27IO5. The lowest BCUT2D eigenvalue weighted by atomic mass is 9.46. The van der Waals surface area contributed by atoms with Crippen LogP contribution in [0.15, 0.2) is 23.8 Å². The number of aliphatic hydroxyl groups excluding tert-OH is 2. The highest BCUT2D eigenvalue weighted by molar-refractivity contribution is 14.1. The lowest BCUT2D eigenvalue weighted by molar-refractivity contribution is -0.179. The summed E-state index contributed by atoms with van der Waals surface area (Å²) in [5.74, 6) is -0.273. The van der Waals surface area contributed by atoms with E-state index in [0.717, 1.165) is 18.4 Å². The third-order valence-electron chi connectivity index (χ3n) is 8.27. The van der Waals surface area contributed by atoms with Gasteiger partial charge in [0.05, 0.1) is 6.10 Å². The van der Waals surface area contributed by atoms with Gasteiger partial charge in [0.1, 0.15) is 5.60 Å². The molecule has 0 aromatic heterocycles. The van der Waals surface area contributed by atoms with Crippen molar-refractivity contribution in [3.05, 3.63) is 23.8 Å². The van der Waals surface area contributed by atoms with Crippen LogP contribution in [0.3, 0.4) is 0 Å². The Kier molecular flexibility index (Phi) is 4.54. The monoisotopic (exact) mass is 486 g/mol. The maximum absolute atomic E-state index is 12.7. The lowest BCUT2D eigenvalue weighted by Crippen LogP contribution is -2.62. The average Bonchev–Trinajstić information content (AvgIpc) is 2.86. The van der Waals surface area contributed by atoms with E-state index < -0.39 is 27.0 Å². The number of carbonyl (C=O) groups is 2. The van der Waals surface area contributed by atoms with Gasteiger partial charge in [-0.1, -0.05) is 25.5 Å². The number of allylic oxidation sites excluding steroid dienone is 4. The molecule has 0 amide bonds. The summed E-state index contributed by atoms with van der Waals surface area (Å²) in [6, 6.07) is 0. The summed E-state index contributed by atoms with van der Waals surface area (Å²) < 4.78 is -1.25. The smallest absolute Gasteiger partial charge is 0.203 e. The van der Waals surface area contributed by atoms with Crippen molar-refractivity contribution in [3.63, 3.8) is 0 Å². The SMILES string of the molecule is C[C@]12C=CC(=O)C=C1CC[C@@H]1[C@@H]2C(O)C[C@@]2(C)[C@H]1CC[C@]2(O)C(=O)C(O)I. The molecule has 5 nitrogen and oxygen atoms in total. The summed E-state index contributed by atoms with van der Waals surface area (Å²) in [6.07, 6.45) is 7.63. The van der Waals surface area contributed by atoms with E-state index in [9.17, 15) is 24.9 Å². The summed E-state index contributed by atoms with van der Waals surface area (Å²) in [6.45, 7) is 4.01. The Morgan fingerprint density at radius 2 is 2.04 bits per heavy atom. The predicted octanol–water partition coefficient (Wildman–Crippen LogP) is 2.32. The van der Waals surface area contributed by atoms with Gasteiger partial charge in [-0.15, -0.1) is 0 Å². The van der Waals surface area contributed by atoms with E-state index in [-0.39, 0.29) is 29.0 Å². The van der Waals surface area contributed by atoms with Crippen LogP contribution in [0.5, 0.6) is 0 Å². The molecule has 0 radical (unpaired) electrons. The second kappa shape index (κ2) is 6.21. The van der Waals surface area contributed by atoms with Crippen molar-refractivity contribution in [2.75, 3.05) is 0 Å². The first kappa shape index (κ1) is 19.7. The van der Waals surface area contributed by atoms with E-state index in [4.69, 9.17) is 0 Å². The topological polar surface area (TPSA) is 94.8 Å². The zero-order valence-corrected chi connectivity index (χ0v) is 17.8. The summed E-state index contributed by atoms with van der Waals surface area (Å²) >= 11 is 1.64. The second-order valence-corrected chi connectivity index (χ2v) is 10.5. The van der Waals surface area contributed by atoms with Crippen LogP contribution < -0.4 is 0 Å². The molecule has 4 aliphatic rings. The van der Waals surface area contributed by atoms with Gasteiger partial charge < -0.3 is 15.3 Å². The highest BCUT2D eigenvalue weighted by atomic mass is 127. The van der Waals surface area contributed by atoms with Gasteiger partial charge in [0.15, 0.2) is 9.89 Å². The van der Waals surface area contributed by atoms with E-state index in [0.29, 0.717) is 19.3 Å². The van der Waals surface area contributed by atoms with E-state index in [1.54, 1.807) is 34.7 Å². The van der Waals surface area contributed by atoms with E-state index >= 15 is 0 Å². The number of rotatable bonds is 2. The average molecular weight is 486 g/mol. The van der Waals surface area contributed by atoms with Gasteiger partial charge in [-0.05, 0) is 78.7 Å². The Morgan fingerprint density at radius 3 is 2.70 bits per heavy atom. The van der Waals surface area contributed by atoms with Crippen LogP contribution in [0.4, 0.5) is 0 Å². The van der Waals surface area contributed by atoms with Gasteiger partial charge in [-0.25, -0.2) is 0 Å². The number of carbonyl (C=O) groups excluding carboxylic acids is 2. The quantitative estimate of drug-likeness (QED) is 0.412. The predicted molar refractivity (Wildman–Crippen MR) is 108 cm³/mol.